The van der Waals surface area contributed by atoms with Crippen LogP contribution in [-0.2, 0) is 36.2 Å². The first kappa shape index (κ1) is 41.5. The number of rotatable bonds is 0. The van der Waals surface area contributed by atoms with E-state index in [1.807, 2.05) is 6.79 Å². The van der Waals surface area contributed by atoms with Gasteiger partial charge in [0.15, 0.2) is 0 Å². The third-order valence-corrected chi connectivity index (χ3v) is 0. The van der Waals surface area contributed by atoms with E-state index in [1.54, 1.807) is 0 Å². The summed E-state index contributed by atoms with van der Waals surface area (Å²) >= 11 is 0. The normalized spacial score (nSPS) is 1.78. The monoisotopic (exact) mass is 173 g/mol. The standard InChI is InChI=1S/CH2O.3CHO.Fe/c4*1-2;/h1H2;3*1H;/q;3*-1;+3. The molecule has 53 valence electrons. The average molecular weight is 173 g/mol. The van der Waals surface area contributed by atoms with E-state index in [9.17, 15) is 0 Å². The smallest absolute Gasteiger partial charge is 0.545 e. The average Bonchev–Trinajstić information content (AvgIpc) is 2.03. The number of carbonyl (C=O) groups is 1. The zero-order valence-electron chi connectivity index (χ0n) is 4.43. The molecule has 0 saturated heterocycles. The Morgan fingerprint density at radius 1 is 0.667 bits per heavy atom. The zero-order chi connectivity index (χ0) is 8.00. The molecule has 0 fully saturated rings. The van der Waals surface area contributed by atoms with Crippen LogP contribution in [0.2, 0.25) is 0 Å². The van der Waals surface area contributed by atoms with Crippen LogP contribution in [0, 0.1) is 0 Å². The molecule has 0 spiro atoms. The van der Waals surface area contributed by atoms with Crippen LogP contribution in [0.4, 0.5) is 0 Å². The molecule has 0 aliphatic heterocycles. The fourth-order valence-electron chi connectivity index (χ4n) is 0. The maximum atomic E-state index is 8.00. The van der Waals surface area contributed by atoms with Gasteiger partial charge in [0.2, 0.25) is 0 Å². The predicted octanol–water partition coefficient (Wildman–Crippen LogP) is -1.01. The Bertz CT molecular complexity index is 20.5. The van der Waals surface area contributed by atoms with E-state index in [4.69, 9.17) is 19.2 Å². The van der Waals surface area contributed by atoms with Gasteiger partial charge in [-0.2, -0.15) is 0 Å². The van der Waals surface area contributed by atoms with Crippen molar-refractivity contribution in [3.63, 3.8) is 0 Å². The summed E-state index contributed by atoms with van der Waals surface area (Å²) in [5.41, 5.74) is 0. The second-order valence-electron chi connectivity index (χ2n) is 0. The Labute approximate surface area is 64.1 Å². The van der Waals surface area contributed by atoms with Gasteiger partial charge in [-0.05, 0) is 0 Å². The Kier molecular flexibility index (Phi) is 1990. The summed E-state index contributed by atoms with van der Waals surface area (Å²) < 4.78 is 0. The van der Waals surface area contributed by atoms with Gasteiger partial charge in [-0.3, -0.25) is 20.4 Å². The van der Waals surface area contributed by atoms with E-state index in [1.165, 1.54) is 0 Å². The largest absolute Gasteiger partial charge is 3.00 e. The van der Waals surface area contributed by atoms with Crippen molar-refractivity contribution in [2.45, 2.75) is 0 Å². The molecule has 0 aromatic heterocycles. The molecule has 9 heavy (non-hydrogen) atoms. The van der Waals surface area contributed by atoms with E-state index < -0.39 is 0 Å². The summed E-state index contributed by atoms with van der Waals surface area (Å²) in [5.74, 6) is 0. The van der Waals surface area contributed by atoms with Gasteiger partial charge in [0.1, 0.15) is 6.79 Å². The summed E-state index contributed by atoms with van der Waals surface area (Å²) in [5, 5.41) is 0. The number of carbonyl (C=O) groups excluding carboxylic acids is 4. The third kappa shape index (κ3) is 304. The second-order valence-corrected chi connectivity index (χ2v) is 0. The van der Waals surface area contributed by atoms with E-state index in [2.05, 4.69) is 20.4 Å². The molecule has 0 rings (SSSR count). The van der Waals surface area contributed by atoms with Crippen molar-refractivity contribution >= 4 is 27.2 Å². The molecule has 0 heterocycles. The van der Waals surface area contributed by atoms with Gasteiger partial charge >= 0.3 is 17.1 Å². The molecule has 0 bridgehead atoms. The first-order valence-corrected chi connectivity index (χ1v) is 0.996. The first-order chi connectivity index (χ1) is 4.00. The SMILES string of the molecule is C=O.[CH-]=O.[CH-]=O.[CH-]=O.[Fe+3]. The minimum Gasteiger partial charge on any atom is -0.545 e. The van der Waals surface area contributed by atoms with Crippen LogP contribution >= 0.6 is 0 Å². The van der Waals surface area contributed by atoms with Crippen LogP contribution in [0.15, 0.2) is 0 Å². The summed E-state index contributed by atoms with van der Waals surface area (Å²) in [4.78, 5) is 31.2. The van der Waals surface area contributed by atoms with E-state index in [0.717, 1.165) is 0 Å². The molecule has 0 aliphatic rings. The Hall–Kier alpha value is -0.801. The molecule has 0 unspecified atom stereocenters. The molecule has 5 heteroatoms. The summed E-state index contributed by atoms with van der Waals surface area (Å²) in [7, 11) is 0. The molecular weight excluding hydrogens is 168 g/mol. The number of hydrogen-bond donors (Lipinski definition) is 0. The van der Waals surface area contributed by atoms with Gasteiger partial charge in [0.25, 0.3) is 0 Å². The topological polar surface area (TPSA) is 68.3 Å². The molecule has 0 amide bonds. The molecule has 0 atom stereocenters. The van der Waals surface area contributed by atoms with E-state index >= 15 is 0 Å². The second kappa shape index (κ2) is 432. The maximum absolute atomic E-state index is 8.00. The molecular formula is C4H5FeO4. The molecule has 0 aromatic rings. The molecule has 0 N–H and O–H groups in total. The van der Waals surface area contributed by atoms with E-state index in [-0.39, 0.29) is 17.1 Å². The molecule has 0 aromatic carbocycles. The van der Waals surface area contributed by atoms with Gasteiger partial charge in [0, 0.05) is 0 Å². The van der Waals surface area contributed by atoms with Crippen LogP contribution in [0.3, 0.4) is 0 Å². The van der Waals surface area contributed by atoms with Gasteiger partial charge < -0.3 is 19.2 Å². The number of hydrogen-bond acceptors (Lipinski definition) is 4. The van der Waals surface area contributed by atoms with Crippen molar-refractivity contribution in [2.75, 3.05) is 0 Å². The van der Waals surface area contributed by atoms with Gasteiger partial charge in [0.05, 0.1) is 0 Å². The Morgan fingerprint density at radius 2 is 0.667 bits per heavy atom. The van der Waals surface area contributed by atoms with Crippen LogP contribution in [-0.4, -0.2) is 27.2 Å². The molecule has 4 nitrogen and oxygen atoms in total. The van der Waals surface area contributed by atoms with Crippen molar-refractivity contribution in [1.82, 2.24) is 0 Å². The molecule has 0 saturated carbocycles. The van der Waals surface area contributed by atoms with Gasteiger partial charge in [-0.15, -0.1) is 0 Å². The maximum Gasteiger partial charge on any atom is 3.00 e. The quantitative estimate of drug-likeness (QED) is 0.267. The van der Waals surface area contributed by atoms with Crippen LogP contribution < -0.4 is 0 Å². The van der Waals surface area contributed by atoms with Crippen molar-refractivity contribution < 1.29 is 36.2 Å². The van der Waals surface area contributed by atoms with E-state index in [0.29, 0.717) is 0 Å². The fraction of sp³-hybridized carbons (Fsp3) is 0. The molecule has 0 aliphatic carbocycles. The predicted molar refractivity (Wildman–Crippen MR) is 27.4 cm³/mol. The summed E-state index contributed by atoms with van der Waals surface area (Å²) in [6, 6.07) is 0. The minimum absolute atomic E-state index is 0. The van der Waals surface area contributed by atoms with Crippen molar-refractivity contribution in [1.29, 1.82) is 0 Å². The van der Waals surface area contributed by atoms with Crippen LogP contribution in [0.25, 0.3) is 0 Å². The Morgan fingerprint density at radius 3 is 0.667 bits per heavy atom. The third-order valence-electron chi connectivity index (χ3n) is 0. The summed E-state index contributed by atoms with van der Waals surface area (Å²) in [6.45, 7) is 11.8. The first-order valence-electron chi connectivity index (χ1n) is 0.996. The van der Waals surface area contributed by atoms with Crippen LogP contribution in [0.5, 0.6) is 0 Å². The van der Waals surface area contributed by atoms with Crippen molar-refractivity contribution in [3.8, 4) is 0 Å². The fourth-order valence-corrected chi connectivity index (χ4v) is 0. The van der Waals surface area contributed by atoms with Crippen molar-refractivity contribution in [2.24, 2.45) is 0 Å². The summed E-state index contributed by atoms with van der Waals surface area (Å²) in [6.07, 6.45) is 0. The van der Waals surface area contributed by atoms with Crippen LogP contribution in [0.1, 0.15) is 0 Å². The Balaban J connectivity index is -0.00000000762. The zero-order valence-corrected chi connectivity index (χ0v) is 5.53. The van der Waals surface area contributed by atoms with Gasteiger partial charge in [-0.1, -0.05) is 0 Å². The van der Waals surface area contributed by atoms with Crippen molar-refractivity contribution in [3.05, 3.63) is 0 Å². The van der Waals surface area contributed by atoms with Gasteiger partial charge in [-0.25, -0.2) is 0 Å². The molecule has 1 radical (unpaired) electrons. The minimum atomic E-state index is 0.